The Morgan fingerprint density at radius 1 is 1.33 bits per heavy atom. The van der Waals surface area contributed by atoms with Crippen LogP contribution in [0.1, 0.15) is 28.8 Å². The number of aryl methyl sites for hydroxylation is 2. The summed E-state index contributed by atoms with van der Waals surface area (Å²) in [5.41, 5.74) is 2.02. The van der Waals surface area contributed by atoms with Crippen molar-refractivity contribution in [2.75, 3.05) is 6.61 Å². The number of hydrogen-bond acceptors (Lipinski definition) is 4. The highest BCUT2D eigenvalue weighted by atomic mass is 16.5. The molecule has 0 aliphatic heterocycles. The smallest absolute Gasteiger partial charge is 0.357 e. The molecule has 2 rings (SSSR count). The molecule has 0 aliphatic carbocycles. The van der Waals surface area contributed by atoms with E-state index in [2.05, 4.69) is 10.1 Å². The fourth-order valence-corrected chi connectivity index (χ4v) is 1.67. The zero-order valence-corrected chi connectivity index (χ0v) is 10.7. The van der Waals surface area contributed by atoms with E-state index in [1.165, 1.54) is 4.68 Å². The molecule has 2 aromatic heterocycles. The van der Waals surface area contributed by atoms with Crippen LogP contribution in [0.5, 0.6) is 0 Å². The molecule has 0 unspecified atom stereocenters. The second-order valence-electron chi connectivity index (χ2n) is 3.94. The number of hydrogen-bond donors (Lipinski definition) is 0. The van der Waals surface area contributed by atoms with Gasteiger partial charge in [-0.25, -0.2) is 14.5 Å². The largest absolute Gasteiger partial charge is 0.461 e. The average molecular weight is 245 g/mol. The normalized spacial score (nSPS) is 10.4. The van der Waals surface area contributed by atoms with Crippen LogP contribution in [0.2, 0.25) is 0 Å². The summed E-state index contributed by atoms with van der Waals surface area (Å²) in [6.07, 6.45) is 0. The maximum absolute atomic E-state index is 11.8. The van der Waals surface area contributed by atoms with Gasteiger partial charge in [-0.05, 0) is 39.0 Å². The molecule has 0 spiro atoms. The molecule has 0 saturated heterocycles. The Balaban J connectivity index is 2.47. The van der Waals surface area contributed by atoms with Gasteiger partial charge in [0.15, 0.2) is 11.5 Å². The van der Waals surface area contributed by atoms with Crippen molar-refractivity contribution in [1.82, 2.24) is 14.8 Å². The van der Waals surface area contributed by atoms with Crippen molar-refractivity contribution >= 4 is 5.97 Å². The second-order valence-corrected chi connectivity index (χ2v) is 3.94. The number of rotatable bonds is 3. The van der Waals surface area contributed by atoms with Crippen molar-refractivity contribution in [3.63, 3.8) is 0 Å². The van der Waals surface area contributed by atoms with Crippen molar-refractivity contribution < 1.29 is 9.53 Å². The summed E-state index contributed by atoms with van der Waals surface area (Å²) in [6.45, 7) is 5.83. The van der Waals surface area contributed by atoms with Crippen LogP contribution in [-0.2, 0) is 4.74 Å². The predicted octanol–water partition coefficient (Wildman–Crippen LogP) is 2.06. The minimum Gasteiger partial charge on any atom is -0.461 e. The maximum atomic E-state index is 11.8. The summed E-state index contributed by atoms with van der Waals surface area (Å²) < 4.78 is 6.52. The second kappa shape index (κ2) is 5.00. The summed E-state index contributed by atoms with van der Waals surface area (Å²) in [5, 5.41) is 4.28. The van der Waals surface area contributed by atoms with Gasteiger partial charge in [-0.3, -0.25) is 0 Å². The van der Waals surface area contributed by atoms with Crippen LogP contribution in [0, 0.1) is 13.8 Å². The third-order valence-electron chi connectivity index (χ3n) is 2.41. The van der Waals surface area contributed by atoms with Gasteiger partial charge in [-0.2, -0.15) is 5.10 Å². The Bertz CT molecular complexity index is 575. The molecular formula is C13H15N3O2. The van der Waals surface area contributed by atoms with Crippen molar-refractivity contribution in [1.29, 1.82) is 0 Å². The lowest BCUT2D eigenvalue weighted by Gasteiger charge is -2.06. The molecule has 18 heavy (non-hydrogen) atoms. The van der Waals surface area contributed by atoms with Gasteiger partial charge < -0.3 is 4.74 Å². The zero-order valence-electron chi connectivity index (χ0n) is 10.7. The maximum Gasteiger partial charge on any atom is 0.357 e. The highest BCUT2D eigenvalue weighted by molar-refractivity contribution is 5.88. The Morgan fingerprint density at radius 2 is 2.11 bits per heavy atom. The molecule has 0 N–H and O–H groups in total. The third kappa shape index (κ3) is 2.40. The molecule has 5 nitrogen and oxygen atoms in total. The summed E-state index contributed by atoms with van der Waals surface area (Å²) >= 11 is 0. The number of carbonyl (C=O) groups is 1. The Labute approximate surface area is 105 Å². The van der Waals surface area contributed by atoms with E-state index in [1.807, 2.05) is 32.0 Å². The van der Waals surface area contributed by atoms with Gasteiger partial charge in [0.05, 0.1) is 12.3 Å². The lowest BCUT2D eigenvalue weighted by molar-refractivity contribution is 0.0515. The Hall–Kier alpha value is -2.17. The summed E-state index contributed by atoms with van der Waals surface area (Å²) in [7, 11) is 0. The van der Waals surface area contributed by atoms with Crippen LogP contribution in [0.15, 0.2) is 24.3 Å². The van der Waals surface area contributed by atoms with E-state index in [4.69, 9.17) is 4.74 Å². The topological polar surface area (TPSA) is 57.0 Å². The van der Waals surface area contributed by atoms with Crippen molar-refractivity contribution in [2.24, 2.45) is 0 Å². The molecule has 0 saturated carbocycles. The monoisotopic (exact) mass is 245 g/mol. The van der Waals surface area contributed by atoms with E-state index >= 15 is 0 Å². The lowest BCUT2D eigenvalue weighted by atomic mass is 10.3. The fraction of sp³-hybridized carbons (Fsp3) is 0.308. The van der Waals surface area contributed by atoms with Gasteiger partial charge in [0.2, 0.25) is 0 Å². The van der Waals surface area contributed by atoms with Crippen LogP contribution in [0.25, 0.3) is 5.82 Å². The number of pyridine rings is 1. The number of aromatic nitrogens is 3. The van der Waals surface area contributed by atoms with Crippen LogP contribution in [0.3, 0.4) is 0 Å². The van der Waals surface area contributed by atoms with E-state index in [1.54, 1.807) is 13.0 Å². The Kier molecular flexibility index (Phi) is 3.41. The first kappa shape index (κ1) is 12.3. The molecule has 0 amide bonds. The summed E-state index contributed by atoms with van der Waals surface area (Å²) in [5.74, 6) is 0.229. The molecule has 2 heterocycles. The molecule has 0 bridgehead atoms. The predicted molar refractivity (Wildman–Crippen MR) is 66.8 cm³/mol. The van der Waals surface area contributed by atoms with Gasteiger partial charge in [-0.15, -0.1) is 0 Å². The molecule has 0 atom stereocenters. The molecule has 2 aromatic rings. The number of nitrogens with zero attached hydrogens (tertiary/aromatic N) is 3. The molecule has 0 fully saturated rings. The van der Waals surface area contributed by atoms with Gasteiger partial charge in [-0.1, -0.05) is 6.07 Å². The third-order valence-corrected chi connectivity index (χ3v) is 2.41. The average Bonchev–Trinajstić information content (AvgIpc) is 2.72. The van der Waals surface area contributed by atoms with E-state index < -0.39 is 0 Å². The molecule has 94 valence electrons. The number of carbonyl (C=O) groups excluding carboxylic acids is 1. The molecule has 0 radical (unpaired) electrons. The fourth-order valence-electron chi connectivity index (χ4n) is 1.67. The highest BCUT2D eigenvalue weighted by Gasteiger charge is 2.16. The number of esters is 1. The van der Waals surface area contributed by atoms with Crippen molar-refractivity contribution in [3.05, 3.63) is 41.3 Å². The standard InChI is InChI=1S/C13H15N3O2/c1-4-18-13(17)11-8-10(3)15-16(11)12-7-5-6-9(2)14-12/h5-8H,4H2,1-3H3. The van der Waals surface area contributed by atoms with E-state index in [9.17, 15) is 4.79 Å². The first-order chi connectivity index (χ1) is 8.61. The molecule has 0 aliphatic rings. The Morgan fingerprint density at radius 3 is 2.78 bits per heavy atom. The minimum absolute atomic E-state index is 0.338. The van der Waals surface area contributed by atoms with E-state index in [0.29, 0.717) is 18.1 Å². The van der Waals surface area contributed by atoms with Crippen molar-refractivity contribution in [3.8, 4) is 5.82 Å². The van der Waals surface area contributed by atoms with Gasteiger partial charge in [0.25, 0.3) is 0 Å². The lowest BCUT2D eigenvalue weighted by Crippen LogP contribution is -2.13. The van der Waals surface area contributed by atoms with Gasteiger partial charge in [0.1, 0.15) is 0 Å². The van der Waals surface area contributed by atoms with Crippen LogP contribution in [-0.4, -0.2) is 27.3 Å². The van der Waals surface area contributed by atoms with Gasteiger partial charge >= 0.3 is 5.97 Å². The van der Waals surface area contributed by atoms with Gasteiger partial charge in [0, 0.05) is 5.69 Å². The first-order valence-electron chi connectivity index (χ1n) is 5.79. The summed E-state index contributed by atoms with van der Waals surface area (Å²) in [4.78, 5) is 16.2. The summed E-state index contributed by atoms with van der Waals surface area (Å²) in [6, 6.07) is 7.28. The van der Waals surface area contributed by atoms with E-state index in [0.717, 1.165) is 11.4 Å². The minimum atomic E-state index is -0.388. The van der Waals surface area contributed by atoms with E-state index in [-0.39, 0.29) is 5.97 Å². The highest BCUT2D eigenvalue weighted by Crippen LogP contribution is 2.12. The molecular weight excluding hydrogens is 230 g/mol. The van der Waals surface area contributed by atoms with Crippen molar-refractivity contribution in [2.45, 2.75) is 20.8 Å². The first-order valence-corrected chi connectivity index (χ1v) is 5.79. The SMILES string of the molecule is CCOC(=O)c1cc(C)nn1-c1cccc(C)n1. The number of ether oxygens (including phenoxy) is 1. The quantitative estimate of drug-likeness (QED) is 0.777. The van der Waals surface area contributed by atoms with Crippen LogP contribution < -0.4 is 0 Å². The zero-order chi connectivity index (χ0) is 13.1. The van der Waals surface area contributed by atoms with Crippen LogP contribution in [0.4, 0.5) is 0 Å². The molecule has 0 aromatic carbocycles. The molecule has 5 heteroatoms. The van der Waals surface area contributed by atoms with Crippen LogP contribution >= 0.6 is 0 Å².